The Morgan fingerprint density at radius 1 is 1.17 bits per heavy atom. The van der Waals surface area contributed by atoms with Gasteiger partial charge in [0.2, 0.25) is 5.69 Å². The number of aryl methyl sites for hydroxylation is 2. The minimum absolute atomic E-state index is 0.621. The number of nitrogens with zero attached hydrogens (tertiary/aromatic N) is 3. The number of pyridine rings is 2. The predicted octanol–water partition coefficient (Wildman–Crippen LogP) is 4.41. The first-order valence-electron chi connectivity index (χ1n) is 8.72. The maximum atomic E-state index is 8.35. The predicted molar refractivity (Wildman–Crippen MR) is 98.1 cm³/mol. The van der Waals surface area contributed by atoms with E-state index in [4.69, 9.17) is 6.35 Å². The number of fused-ring (bicyclic) bond motifs is 3. The number of hydrogen-bond donors (Lipinski definition) is 0. The smallest absolute Gasteiger partial charge is 0.212 e. The van der Waals surface area contributed by atoms with Gasteiger partial charge in [-0.25, -0.2) is 9.55 Å². The van der Waals surface area contributed by atoms with Crippen LogP contribution in [0.15, 0.2) is 54.9 Å². The van der Waals surface area contributed by atoms with Crippen molar-refractivity contribution in [3.63, 3.8) is 0 Å². The van der Waals surface area contributed by atoms with Gasteiger partial charge < -0.3 is 0 Å². The van der Waals surface area contributed by atoms with Crippen LogP contribution in [0.5, 0.6) is 0 Å². The van der Waals surface area contributed by atoms with E-state index in [1.807, 2.05) is 57.6 Å². The molecule has 0 bridgehead atoms. The molecule has 0 aliphatic carbocycles. The Balaban J connectivity index is 2.01. The molecule has 120 valence electrons. The number of benzene rings is 1. The van der Waals surface area contributed by atoms with Crippen molar-refractivity contribution in [2.45, 2.75) is 26.7 Å². The first-order valence-corrected chi connectivity index (χ1v) is 8.22. The minimum atomic E-state index is -0.621. The van der Waals surface area contributed by atoms with Crippen molar-refractivity contribution in [3.8, 4) is 11.3 Å². The van der Waals surface area contributed by atoms with E-state index in [0.717, 1.165) is 27.9 Å². The van der Waals surface area contributed by atoms with E-state index in [-0.39, 0.29) is 0 Å². The molecule has 3 heterocycles. The van der Waals surface area contributed by atoms with Crippen LogP contribution in [0.2, 0.25) is 0 Å². The van der Waals surface area contributed by atoms with Gasteiger partial charge in [0.15, 0.2) is 6.20 Å². The van der Waals surface area contributed by atoms with Crippen LogP contribution in [-0.2, 0) is 7.05 Å². The van der Waals surface area contributed by atoms with E-state index in [9.17, 15) is 0 Å². The Morgan fingerprint density at radius 2 is 2.00 bits per heavy atom. The van der Waals surface area contributed by atoms with Crippen molar-refractivity contribution in [1.82, 2.24) is 9.38 Å². The molecule has 3 aromatic heterocycles. The summed E-state index contributed by atoms with van der Waals surface area (Å²) in [6, 6.07) is 14.6. The molecule has 0 N–H and O–H groups in total. The summed E-state index contributed by atoms with van der Waals surface area (Å²) in [6.45, 7) is 5.97. The van der Waals surface area contributed by atoms with E-state index in [1.165, 1.54) is 11.1 Å². The first-order chi connectivity index (χ1) is 11.8. The highest BCUT2D eigenvalue weighted by atomic mass is 15.0. The summed E-state index contributed by atoms with van der Waals surface area (Å²) in [6.07, 6.45) is 4.09. The van der Waals surface area contributed by atoms with Gasteiger partial charge in [0, 0.05) is 19.7 Å². The topological polar surface area (TPSA) is 21.2 Å². The highest BCUT2D eigenvalue weighted by Crippen LogP contribution is 2.28. The quantitative estimate of drug-likeness (QED) is 0.502. The summed E-state index contributed by atoms with van der Waals surface area (Å²) in [5, 5.41) is 0. The molecule has 4 rings (SSSR count). The molecule has 3 heteroatoms. The van der Waals surface area contributed by atoms with E-state index < -0.39 is 5.89 Å². The molecule has 0 amide bonds. The fraction of sp³-hybridized carbons (Fsp3) is 0.238. The lowest BCUT2D eigenvalue weighted by atomic mass is 9.98. The van der Waals surface area contributed by atoms with Crippen LogP contribution in [0, 0.1) is 6.92 Å². The lowest BCUT2D eigenvalue weighted by molar-refractivity contribution is -0.660. The summed E-state index contributed by atoms with van der Waals surface area (Å²) >= 11 is 0. The summed E-state index contributed by atoms with van der Waals surface area (Å²) in [7, 11) is 2.05. The Kier molecular flexibility index (Phi) is 3.12. The second-order valence-electron chi connectivity index (χ2n) is 6.61. The van der Waals surface area contributed by atoms with Crippen LogP contribution < -0.4 is 4.57 Å². The molecule has 4 aromatic rings. The second-order valence-corrected chi connectivity index (χ2v) is 6.61. The van der Waals surface area contributed by atoms with Gasteiger partial charge in [-0.15, -0.1) is 0 Å². The van der Waals surface area contributed by atoms with Crippen LogP contribution in [-0.4, -0.2) is 9.38 Å². The Morgan fingerprint density at radius 3 is 2.79 bits per heavy atom. The monoisotopic (exact) mass is 317 g/mol. The van der Waals surface area contributed by atoms with E-state index in [0.29, 0.717) is 0 Å². The van der Waals surface area contributed by atoms with Gasteiger partial charge in [0.25, 0.3) is 0 Å². The number of imidazole rings is 1. The maximum Gasteiger partial charge on any atom is 0.212 e. The fourth-order valence-corrected chi connectivity index (χ4v) is 3.24. The number of hydrogen-bond acceptors (Lipinski definition) is 1. The SMILES string of the molecule is [2H]C(C)(C)c1cc[n+](C)c(-c2cc3c(cc2C)nc2ccccn23)c1. The molecule has 1 aromatic carbocycles. The Hall–Kier alpha value is -2.68. The Bertz CT molecular complexity index is 1100. The number of rotatable bonds is 2. The zero-order chi connectivity index (χ0) is 17.8. The van der Waals surface area contributed by atoms with Gasteiger partial charge in [-0.3, -0.25) is 4.40 Å². The summed E-state index contributed by atoms with van der Waals surface area (Å²) in [4.78, 5) is 4.72. The van der Waals surface area contributed by atoms with E-state index in [1.54, 1.807) is 0 Å². The van der Waals surface area contributed by atoms with Crippen LogP contribution >= 0.6 is 0 Å². The number of aromatic nitrogens is 3. The van der Waals surface area contributed by atoms with Gasteiger partial charge in [-0.1, -0.05) is 19.9 Å². The van der Waals surface area contributed by atoms with Gasteiger partial charge in [-0.2, -0.15) is 0 Å². The first kappa shape index (κ1) is 13.7. The summed E-state index contributed by atoms with van der Waals surface area (Å²) < 4.78 is 12.6. The van der Waals surface area contributed by atoms with Gasteiger partial charge in [0.05, 0.1) is 16.6 Å². The van der Waals surface area contributed by atoms with Crippen LogP contribution in [0.25, 0.3) is 27.9 Å². The standard InChI is InChI=1S/C21H22N3/c1-14(2)16-8-10-23(4)19(12-16)17-13-20-18(11-15(17)3)22-21-7-5-6-9-24(20)21/h5-14H,1-4H3/q+1/i14D. The average Bonchev–Trinajstić information content (AvgIpc) is 2.91. The largest absolute Gasteiger partial charge is 0.300 e. The van der Waals surface area contributed by atoms with Gasteiger partial charge in [0.1, 0.15) is 12.7 Å². The van der Waals surface area contributed by atoms with Crippen molar-refractivity contribution < 1.29 is 5.94 Å². The third kappa shape index (κ3) is 2.28. The molecule has 0 spiro atoms. The molecule has 3 nitrogen and oxygen atoms in total. The van der Waals surface area contributed by atoms with E-state index >= 15 is 0 Å². The zero-order valence-corrected chi connectivity index (χ0v) is 14.5. The highest BCUT2D eigenvalue weighted by Gasteiger charge is 2.17. The molecule has 0 fully saturated rings. The van der Waals surface area contributed by atoms with Crippen molar-refractivity contribution >= 4 is 16.7 Å². The summed E-state index contributed by atoms with van der Waals surface area (Å²) in [5.74, 6) is -0.621. The molecule has 0 saturated carbocycles. The molecular weight excluding hydrogens is 294 g/mol. The van der Waals surface area contributed by atoms with Gasteiger partial charge in [-0.05, 0) is 48.2 Å². The van der Waals surface area contributed by atoms with Crippen molar-refractivity contribution in [1.29, 1.82) is 0 Å². The van der Waals surface area contributed by atoms with Crippen LogP contribution in [0.4, 0.5) is 0 Å². The zero-order valence-electron chi connectivity index (χ0n) is 15.5. The molecule has 0 saturated heterocycles. The molecular formula is C21H22N3+. The molecule has 24 heavy (non-hydrogen) atoms. The third-order valence-electron chi connectivity index (χ3n) is 4.66. The molecule has 0 unspecified atom stereocenters. The van der Waals surface area contributed by atoms with E-state index in [2.05, 4.69) is 34.1 Å². The third-order valence-corrected chi connectivity index (χ3v) is 4.66. The fourth-order valence-electron chi connectivity index (χ4n) is 3.24. The molecule has 0 aliphatic rings. The highest BCUT2D eigenvalue weighted by molar-refractivity contribution is 5.86. The van der Waals surface area contributed by atoms with Crippen molar-refractivity contribution in [2.75, 3.05) is 0 Å². The Labute approximate surface area is 143 Å². The van der Waals surface area contributed by atoms with Crippen molar-refractivity contribution in [2.24, 2.45) is 7.05 Å². The summed E-state index contributed by atoms with van der Waals surface area (Å²) in [5.41, 5.74) is 7.55. The molecule has 0 radical (unpaired) electrons. The lowest BCUT2D eigenvalue weighted by Gasteiger charge is -2.09. The molecule has 0 aliphatic heterocycles. The molecule has 0 atom stereocenters. The normalized spacial score (nSPS) is 12.8. The maximum absolute atomic E-state index is 8.35. The van der Waals surface area contributed by atoms with Crippen LogP contribution in [0.3, 0.4) is 0 Å². The minimum Gasteiger partial charge on any atom is -0.300 e. The lowest BCUT2D eigenvalue weighted by Crippen LogP contribution is -2.30. The second kappa shape index (κ2) is 5.45. The van der Waals surface area contributed by atoms with Crippen molar-refractivity contribution in [3.05, 3.63) is 66.0 Å². The van der Waals surface area contributed by atoms with Crippen LogP contribution in [0.1, 0.15) is 32.2 Å². The van der Waals surface area contributed by atoms with Gasteiger partial charge >= 0.3 is 0 Å². The average molecular weight is 317 g/mol.